The number of nitrogens with one attached hydrogen (secondary N) is 2. The minimum absolute atomic E-state index is 0.0712. The fourth-order valence-electron chi connectivity index (χ4n) is 3.43. The van der Waals surface area contributed by atoms with E-state index in [0.717, 1.165) is 9.80 Å². The normalized spacial score (nSPS) is 15.2. The first-order valence-corrected chi connectivity index (χ1v) is 11.3. The van der Waals surface area contributed by atoms with Crippen LogP contribution in [0.3, 0.4) is 0 Å². The van der Waals surface area contributed by atoms with E-state index in [1.807, 2.05) is 18.2 Å². The van der Waals surface area contributed by atoms with Gasteiger partial charge in [-0.05, 0) is 60.7 Å². The van der Waals surface area contributed by atoms with Gasteiger partial charge in [0.2, 0.25) is 11.8 Å². The van der Waals surface area contributed by atoms with Gasteiger partial charge in [-0.2, -0.15) is 0 Å². The van der Waals surface area contributed by atoms with E-state index in [2.05, 4.69) is 15.4 Å². The van der Waals surface area contributed by atoms with Crippen LogP contribution < -0.4 is 15.5 Å². The second kappa shape index (κ2) is 10.2. The molecule has 172 valence electrons. The van der Waals surface area contributed by atoms with Crippen molar-refractivity contribution < 1.29 is 23.9 Å². The average molecular weight is 476 g/mol. The Morgan fingerprint density at radius 2 is 1.50 bits per heavy atom. The number of amides is 4. The summed E-state index contributed by atoms with van der Waals surface area (Å²) < 4.78 is 4.67. The summed E-state index contributed by atoms with van der Waals surface area (Å²) in [5.74, 6) is -1.11. The molecule has 4 amide bonds. The third-order valence-corrected chi connectivity index (χ3v) is 6.27. The number of carbonyl (C=O) groups excluding carboxylic acids is 4. The molecule has 0 bridgehead atoms. The van der Waals surface area contributed by atoms with Crippen molar-refractivity contribution >= 4 is 52.6 Å². The molecule has 0 saturated carbocycles. The lowest BCUT2D eigenvalue weighted by Crippen LogP contribution is -2.31. The van der Waals surface area contributed by atoms with Crippen molar-refractivity contribution in [2.75, 3.05) is 22.6 Å². The number of urea groups is 1. The molecular weight excluding hydrogens is 454 g/mol. The number of esters is 1. The number of thioether (sulfide) groups is 1. The van der Waals surface area contributed by atoms with Crippen molar-refractivity contribution in [3.63, 3.8) is 0 Å². The van der Waals surface area contributed by atoms with Crippen molar-refractivity contribution in [3.05, 3.63) is 84.4 Å². The third-order valence-electron chi connectivity index (χ3n) is 5.07. The second-order valence-electron chi connectivity index (χ2n) is 7.39. The lowest BCUT2D eigenvalue weighted by atomic mass is 10.2. The van der Waals surface area contributed by atoms with Gasteiger partial charge in [-0.15, -0.1) is 11.8 Å². The van der Waals surface area contributed by atoms with Crippen LogP contribution in [0.15, 0.2) is 83.8 Å². The van der Waals surface area contributed by atoms with E-state index in [-0.39, 0.29) is 24.3 Å². The Kier molecular flexibility index (Phi) is 6.93. The van der Waals surface area contributed by atoms with E-state index in [9.17, 15) is 19.2 Å². The van der Waals surface area contributed by atoms with Gasteiger partial charge in [-0.1, -0.05) is 18.2 Å². The molecule has 1 atom stereocenters. The Labute approximate surface area is 200 Å². The van der Waals surface area contributed by atoms with Gasteiger partial charge < -0.3 is 15.4 Å². The number of benzene rings is 3. The molecule has 9 heteroatoms. The van der Waals surface area contributed by atoms with Crippen LogP contribution in [-0.2, 0) is 14.3 Å². The van der Waals surface area contributed by atoms with E-state index in [1.165, 1.54) is 31.0 Å². The fourth-order valence-corrected chi connectivity index (χ4v) is 4.48. The van der Waals surface area contributed by atoms with E-state index in [1.54, 1.807) is 48.5 Å². The molecule has 0 aromatic heterocycles. The highest BCUT2D eigenvalue weighted by Crippen LogP contribution is 2.34. The van der Waals surface area contributed by atoms with E-state index >= 15 is 0 Å². The molecule has 3 aromatic rings. The highest BCUT2D eigenvalue weighted by Gasteiger charge is 2.40. The SMILES string of the molecule is COC(=O)c1ccc(N2C(=O)CC(Sc3ccc(NC(=O)Nc4ccccc4)cc3)C2=O)cc1. The Morgan fingerprint density at radius 1 is 0.882 bits per heavy atom. The van der Waals surface area contributed by atoms with Gasteiger partial charge >= 0.3 is 12.0 Å². The molecule has 0 spiro atoms. The minimum atomic E-state index is -0.562. The van der Waals surface area contributed by atoms with Crippen molar-refractivity contribution in [1.29, 1.82) is 0 Å². The molecule has 2 N–H and O–H groups in total. The van der Waals surface area contributed by atoms with Crippen LogP contribution in [0.5, 0.6) is 0 Å². The van der Waals surface area contributed by atoms with Gasteiger partial charge in [0.15, 0.2) is 0 Å². The summed E-state index contributed by atoms with van der Waals surface area (Å²) in [5.41, 5.74) is 2.03. The molecule has 1 fully saturated rings. The summed E-state index contributed by atoms with van der Waals surface area (Å²) in [6.07, 6.45) is 0.0712. The Balaban J connectivity index is 1.36. The number of ether oxygens (including phenoxy) is 1. The monoisotopic (exact) mass is 475 g/mol. The lowest BCUT2D eigenvalue weighted by Gasteiger charge is -2.15. The molecular formula is C25H21N3O5S. The summed E-state index contributed by atoms with van der Waals surface area (Å²) in [7, 11) is 1.29. The van der Waals surface area contributed by atoms with E-state index < -0.39 is 11.2 Å². The van der Waals surface area contributed by atoms with Crippen molar-refractivity contribution in [2.24, 2.45) is 0 Å². The number of hydrogen-bond donors (Lipinski definition) is 2. The van der Waals surface area contributed by atoms with Gasteiger partial charge in [-0.25, -0.2) is 14.5 Å². The number of nitrogens with zero attached hydrogens (tertiary/aromatic N) is 1. The molecule has 1 unspecified atom stereocenters. The molecule has 3 aromatic carbocycles. The van der Waals surface area contributed by atoms with Crippen LogP contribution in [-0.4, -0.2) is 36.2 Å². The lowest BCUT2D eigenvalue weighted by molar-refractivity contribution is -0.121. The zero-order valence-electron chi connectivity index (χ0n) is 18.2. The summed E-state index contributed by atoms with van der Waals surface area (Å²) in [4.78, 5) is 51.1. The first-order chi connectivity index (χ1) is 16.4. The van der Waals surface area contributed by atoms with E-state index in [4.69, 9.17) is 0 Å². The highest BCUT2D eigenvalue weighted by atomic mass is 32.2. The van der Waals surface area contributed by atoms with Crippen LogP contribution >= 0.6 is 11.8 Å². The molecule has 0 aliphatic carbocycles. The fraction of sp³-hybridized carbons (Fsp3) is 0.120. The molecule has 8 nitrogen and oxygen atoms in total. The maximum atomic E-state index is 12.9. The van der Waals surface area contributed by atoms with Crippen LogP contribution in [0.4, 0.5) is 21.9 Å². The first kappa shape index (κ1) is 23.1. The third kappa shape index (κ3) is 5.26. The Hall–Kier alpha value is -4.11. The van der Waals surface area contributed by atoms with Crippen LogP contribution in [0.25, 0.3) is 0 Å². The number of para-hydroxylation sites is 1. The maximum absolute atomic E-state index is 12.9. The number of imide groups is 1. The van der Waals surface area contributed by atoms with Crippen LogP contribution in [0, 0.1) is 0 Å². The minimum Gasteiger partial charge on any atom is -0.465 e. The number of carbonyl (C=O) groups is 4. The predicted molar refractivity (Wildman–Crippen MR) is 130 cm³/mol. The Bertz CT molecular complexity index is 1210. The van der Waals surface area contributed by atoms with Gasteiger partial charge in [0, 0.05) is 22.7 Å². The molecule has 1 heterocycles. The quantitative estimate of drug-likeness (QED) is 0.401. The first-order valence-electron chi connectivity index (χ1n) is 10.4. The summed E-state index contributed by atoms with van der Waals surface area (Å²) in [5, 5.41) is 4.93. The number of methoxy groups -OCH3 is 1. The summed E-state index contributed by atoms with van der Waals surface area (Å²) in [6.45, 7) is 0. The van der Waals surface area contributed by atoms with Crippen LogP contribution in [0.2, 0.25) is 0 Å². The molecule has 1 aliphatic heterocycles. The van der Waals surface area contributed by atoms with Crippen LogP contribution in [0.1, 0.15) is 16.8 Å². The molecule has 1 saturated heterocycles. The summed E-state index contributed by atoms with van der Waals surface area (Å²) >= 11 is 1.29. The van der Waals surface area contributed by atoms with Gasteiger partial charge in [0.1, 0.15) is 0 Å². The second-order valence-corrected chi connectivity index (χ2v) is 8.66. The number of hydrogen-bond acceptors (Lipinski definition) is 6. The zero-order valence-corrected chi connectivity index (χ0v) is 19.0. The molecule has 0 radical (unpaired) electrons. The molecule has 34 heavy (non-hydrogen) atoms. The smallest absolute Gasteiger partial charge is 0.337 e. The van der Waals surface area contributed by atoms with Gasteiger partial charge in [0.25, 0.3) is 0 Å². The number of anilines is 3. The van der Waals surface area contributed by atoms with Crippen molar-refractivity contribution in [2.45, 2.75) is 16.6 Å². The standard InChI is InChI=1S/C25H21N3O5S/c1-33-24(31)16-7-11-19(12-8-16)28-22(29)15-21(23(28)30)34-20-13-9-18(10-14-20)27-25(32)26-17-5-3-2-4-6-17/h2-14,21H,15H2,1H3,(H2,26,27,32). The van der Waals surface area contributed by atoms with Gasteiger partial charge in [0.05, 0.1) is 23.6 Å². The molecule has 1 aliphatic rings. The average Bonchev–Trinajstić information content (AvgIpc) is 3.13. The zero-order chi connectivity index (χ0) is 24.1. The highest BCUT2D eigenvalue weighted by molar-refractivity contribution is 8.00. The molecule has 4 rings (SSSR count). The Morgan fingerprint density at radius 3 is 2.12 bits per heavy atom. The topological polar surface area (TPSA) is 105 Å². The van der Waals surface area contributed by atoms with Crippen molar-refractivity contribution in [1.82, 2.24) is 0 Å². The largest absolute Gasteiger partial charge is 0.465 e. The van der Waals surface area contributed by atoms with E-state index in [0.29, 0.717) is 22.6 Å². The van der Waals surface area contributed by atoms with Crippen molar-refractivity contribution in [3.8, 4) is 0 Å². The maximum Gasteiger partial charge on any atom is 0.337 e. The predicted octanol–water partition coefficient (Wildman–Crippen LogP) is 4.54. The number of rotatable bonds is 6. The summed E-state index contributed by atoms with van der Waals surface area (Å²) in [6, 6.07) is 21.9. The van der Waals surface area contributed by atoms with Gasteiger partial charge in [-0.3, -0.25) is 9.59 Å².